The number of hydrogen-bond donors (Lipinski definition) is 2. The summed E-state index contributed by atoms with van der Waals surface area (Å²) in [6.07, 6.45) is 0. The van der Waals surface area contributed by atoms with Crippen LogP contribution in [-0.4, -0.2) is 7.11 Å². The van der Waals surface area contributed by atoms with Gasteiger partial charge in [-0.25, -0.2) is 4.39 Å². The Balaban J connectivity index is 2.07. The van der Waals surface area contributed by atoms with Crippen LogP contribution < -0.4 is 15.8 Å². The summed E-state index contributed by atoms with van der Waals surface area (Å²) in [6, 6.07) is 6.53. The van der Waals surface area contributed by atoms with Crippen molar-refractivity contribution >= 4 is 22.7 Å². The van der Waals surface area contributed by atoms with E-state index in [4.69, 9.17) is 10.5 Å². The van der Waals surface area contributed by atoms with Gasteiger partial charge in [-0.3, -0.25) is 0 Å². The van der Waals surface area contributed by atoms with Crippen LogP contribution in [-0.2, 0) is 6.54 Å². The molecule has 5 heteroatoms. The van der Waals surface area contributed by atoms with Crippen LogP contribution in [0.3, 0.4) is 0 Å². The van der Waals surface area contributed by atoms with Gasteiger partial charge in [-0.2, -0.15) is 0 Å². The van der Waals surface area contributed by atoms with Gasteiger partial charge in [0.1, 0.15) is 0 Å². The second kappa shape index (κ2) is 5.05. The number of nitrogens with one attached hydrogen (secondary N) is 1. The molecule has 2 rings (SSSR count). The third-order valence-corrected chi connectivity index (χ3v) is 3.32. The number of halogens is 1. The Morgan fingerprint density at radius 1 is 1.41 bits per heavy atom. The predicted octanol–water partition coefficient (Wildman–Crippen LogP) is 3.09. The Morgan fingerprint density at radius 2 is 2.24 bits per heavy atom. The number of rotatable bonds is 4. The van der Waals surface area contributed by atoms with Crippen LogP contribution in [0.2, 0.25) is 0 Å². The van der Waals surface area contributed by atoms with E-state index in [0.29, 0.717) is 6.54 Å². The van der Waals surface area contributed by atoms with E-state index >= 15 is 0 Å². The summed E-state index contributed by atoms with van der Waals surface area (Å²) in [5, 5.41) is 5.12. The third kappa shape index (κ3) is 2.68. The number of hydrogen-bond acceptors (Lipinski definition) is 4. The lowest BCUT2D eigenvalue weighted by molar-refractivity contribution is 0.387. The fraction of sp³-hybridized carbons (Fsp3) is 0.167. The summed E-state index contributed by atoms with van der Waals surface area (Å²) >= 11 is 1.59. The van der Waals surface area contributed by atoms with Gasteiger partial charge in [-0.05, 0) is 23.6 Å². The van der Waals surface area contributed by atoms with E-state index in [1.54, 1.807) is 23.5 Å². The van der Waals surface area contributed by atoms with Crippen molar-refractivity contribution in [1.29, 1.82) is 0 Å². The molecule has 3 nitrogen and oxygen atoms in total. The molecule has 17 heavy (non-hydrogen) atoms. The second-order valence-electron chi connectivity index (χ2n) is 3.50. The molecule has 1 aromatic heterocycles. The largest absolute Gasteiger partial charge is 0.494 e. The number of anilines is 2. The molecule has 0 bridgehead atoms. The van der Waals surface area contributed by atoms with Crippen LogP contribution in [0.1, 0.15) is 4.88 Å². The lowest BCUT2D eigenvalue weighted by Gasteiger charge is -2.08. The van der Waals surface area contributed by atoms with Gasteiger partial charge in [0.2, 0.25) is 0 Å². The standard InChI is InChI=1S/C12H13FN2OS/c1-16-11-6-8(2-3-9(11)13)15-7-12-10(14)4-5-17-12/h2-6,15H,7,14H2,1H3. The molecule has 0 amide bonds. The van der Waals surface area contributed by atoms with Gasteiger partial charge in [0.05, 0.1) is 13.7 Å². The monoisotopic (exact) mass is 252 g/mol. The van der Waals surface area contributed by atoms with Crippen LogP contribution >= 0.6 is 11.3 Å². The Labute approximate surface area is 103 Å². The van der Waals surface area contributed by atoms with E-state index < -0.39 is 0 Å². The van der Waals surface area contributed by atoms with Crippen molar-refractivity contribution in [2.45, 2.75) is 6.54 Å². The van der Waals surface area contributed by atoms with E-state index in [9.17, 15) is 4.39 Å². The average molecular weight is 252 g/mol. The molecule has 0 atom stereocenters. The van der Waals surface area contributed by atoms with Gasteiger partial charge >= 0.3 is 0 Å². The summed E-state index contributed by atoms with van der Waals surface area (Å²) in [6.45, 7) is 0.623. The number of nitrogens with two attached hydrogens (primary N) is 1. The molecule has 0 fully saturated rings. The molecule has 0 saturated heterocycles. The maximum atomic E-state index is 13.2. The number of thiophene rings is 1. The number of benzene rings is 1. The van der Waals surface area contributed by atoms with Crippen molar-refractivity contribution in [1.82, 2.24) is 0 Å². The van der Waals surface area contributed by atoms with E-state index in [2.05, 4.69) is 5.32 Å². The first kappa shape index (κ1) is 11.7. The number of nitrogen functional groups attached to an aromatic ring is 1. The Kier molecular flexibility index (Phi) is 3.49. The average Bonchev–Trinajstić information content (AvgIpc) is 2.74. The highest BCUT2D eigenvalue weighted by Crippen LogP contribution is 2.24. The van der Waals surface area contributed by atoms with Crippen molar-refractivity contribution in [3.8, 4) is 5.75 Å². The van der Waals surface area contributed by atoms with Crippen molar-refractivity contribution in [3.63, 3.8) is 0 Å². The first-order valence-electron chi connectivity index (χ1n) is 5.10. The van der Waals surface area contributed by atoms with Gasteiger partial charge in [-0.1, -0.05) is 0 Å². The van der Waals surface area contributed by atoms with E-state index in [1.807, 2.05) is 11.4 Å². The van der Waals surface area contributed by atoms with Crippen molar-refractivity contribution in [2.75, 3.05) is 18.2 Å². The summed E-state index contributed by atoms with van der Waals surface area (Å²) < 4.78 is 18.1. The molecule has 0 aliphatic rings. The van der Waals surface area contributed by atoms with Gasteiger partial charge in [0.25, 0.3) is 0 Å². The summed E-state index contributed by atoms with van der Waals surface area (Å²) in [5.41, 5.74) is 7.35. The summed E-state index contributed by atoms with van der Waals surface area (Å²) in [4.78, 5) is 1.06. The molecule has 1 heterocycles. The van der Waals surface area contributed by atoms with Gasteiger partial charge in [0, 0.05) is 22.3 Å². The fourth-order valence-electron chi connectivity index (χ4n) is 1.45. The highest BCUT2D eigenvalue weighted by atomic mass is 32.1. The molecule has 0 unspecified atom stereocenters. The predicted molar refractivity (Wildman–Crippen MR) is 69.0 cm³/mol. The first-order valence-corrected chi connectivity index (χ1v) is 5.98. The Hall–Kier alpha value is -1.75. The molecular formula is C12H13FN2OS. The molecule has 2 aromatic rings. The number of ether oxygens (including phenoxy) is 1. The summed E-state index contributed by atoms with van der Waals surface area (Å²) in [7, 11) is 1.44. The van der Waals surface area contributed by atoms with Crippen molar-refractivity contribution in [2.24, 2.45) is 0 Å². The minimum absolute atomic E-state index is 0.231. The normalized spacial score (nSPS) is 10.2. The van der Waals surface area contributed by atoms with Crippen LogP contribution in [0.15, 0.2) is 29.6 Å². The van der Waals surface area contributed by atoms with Crippen LogP contribution in [0.4, 0.5) is 15.8 Å². The molecule has 0 aliphatic heterocycles. The number of methoxy groups -OCH3 is 1. The van der Waals surface area contributed by atoms with Gasteiger partial charge < -0.3 is 15.8 Å². The maximum absolute atomic E-state index is 13.2. The molecule has 1 aromatic carbocycles. The SMILES string of the molecule is COc1cc(NCc2sccc2N)ccc1F. The van der Waals surface area contributed by atoms with Gasteiger partial charge in [0.15, 0.2) is 11.6 Å². The van der Waals surface area contributed by atoms with Crippen LogP contribution in [0.5, 0.6) is 5.75 Å². The van der Waals surface area contributed by atoms with Crippen molar-refractivity contribution in [3.05, 3.63) is 40.3 Å². The zero-order valence-corrected chi connectivity index (χ0v) is 10.2. The van der Waals surface area contributed by atoms with Gasteiger partial charge in [-0.15, -0.1) is 11.3 Å². The quantitative estimate of drug-likeness (QED) is 0.879. The minimum atomic E-state index is -0.367. The Bertz CT molecular complexity index is 513. The molecule has 0 spiro atoms. The summed E-state index contributed by atoms with van der Waals surface area (Å²) in [5.74, 6) is -0.136. The van der Waals surface area contributed by atoms with E-state index in [1.165, 1.54) is 13.2 Å². The lowest BCUT2D eigenvalue weighted by Crippen LogP contribution is -2.00. The Morgan fingerprint density at radius 3 is 2.88 bits per heavy atom. The molecular weight excluding hydrogens is 239 g/mol. The molecule has 0 radical (unpaired) electrons. The second-order valence-corrected chi connectivity index (χ2v) is 4.50. The minimum Gasteiger partial charge on any atom is -0.494 e. The van der Waals surface area contributed by atoms with E-state index in [-0.39, 0.29) is 11.6 Å². The van der Waals surface area contributed by atoms with Crippen molar-refractivity contribution < 1.29 is 9.13 Å². The molecule has 90 valence electrons. The van der Waals surface area contributed by atoms with Crippen LogP contribution in [0.25, 0.3) is 0 Å². The molecule has 3 N–H and O–H groups in total. The highest BCUT2D eigenvalue weighted by Gasteiger charge is 2.04. The smallest absolute Gasteiger partial charge is 0.165 e. The van der Waals surface area contributed by atoms with E-state index in [0.717, 1.165) is 16.3 Å². The first-order chi connectivity index (χ1) is 8.20. The maximum Gasteiger partial charge on any atom is 0.165 e. The zero-order chi connectivity index (χ0) is 12.3. The zero-order valence-electron chi connectivity index (χ0n) is 9.37. The third-order valence-electron chi connectivity index (χ3n) is 2.38. The molecule has 0 saturated carbocycles. The topological polar surface area (TPSA) is 47.3 Å². The highest BCUT2D eigenvalue weighted by molar-refractivity contribution is 7.10. The fourth-order valence-corrected chi connectivity index (χ4v) is 2.18. The molecule has 0 aliphatic carbocycles. The lowest BCUT2D eigenvalue weighted by atomic mass is 10.3. The van der Waals surface area contributed by atoms with Crippen LogP contribution in [0, 0.1) is 5.82 Å².